The van der Waals surface area contributed by atoms with Gasteiger partial charge in [-0.05, 0) is 60.9 Å². The summed E-state index contributed by atoms with van der Waals surface area (Å²) in [5, 5.41) is 20.6. The van der Waals surface area contributed by atoms with Gasteiger partial charge in [-0.25, -0.2) is 4.39 Å². The number of hydrogen-bond acceptors (Lipinski definition) is 11. The van der Waals surface area contributed by atoms with Gasteiger partial charge < -0.3 is 23.7 Å². The molecular formula is C34H30FN3O7S2. The van der Waals surface area contributed by atoms with Crippen LogP contribution in [0.2, 0.25) is 0 Å². The van der Waals surface area contributed by atoms with Crippen LogP contribution in [0.5, 0.6) is 17.2 Å². The van der Waals surface area contributed by atoms with Gasteiger partial charge in [0.25, 0.3) is 5.91 Å². The molecule has 242 valence electrons. The number of aromatic nitrogens is 2. The number of benzene rings is 3. The maximum absolute atomic E-state index is 14.2. The van der Waals surface area contributed by atoms with E-state index >= 15 is 0 Å². The van der Waals surface area contributed by atoms with Crippen LogP contribution in [0.15, 0.2) is 86.8 Å². The van der Waals surface area contributed by atoms with Gasteiger partial charge in [0, 0.05) is 11.1 Å². The molecule has 47 heavy (non-hydrogen) atoms. The fraction of sp³-hybridized carbons (Fsp3) is 0.235. The number of Topliss-reactive ketones (excluding diaryl/α,β-unsaturated/α-hetero) is 1. The first-order valence-corrected chi connectivity index (χ1v) is 16.6. The second-order valence-electron chi connectivity index (χ2n) is 10.4. The van der Waals surface area contributed by atoms with Crippen molar-refractivity contribution in [2.45, 2.75) is 36.4 Å². The van der Waals surface area contributed by atoms with Crippen LogP contribution in [0.25, 0.3) is 11.0 Å². The quantitative estimate of drug-likeness (QED) is 0.0754. The van der Waals surface area contributed by atoms with Crippen molar-refractivity contribution in [3.63, 3.8) is 0 Å². The van der Waals surface area contributed by atoms with Crippen LogP contribution in [0.3, 0.4) is 0 Å². The summed E-state index contributed by atoms with van der Waals surface area (Å²) in [5.41, 5.74) is 1.53. The van der Waals surface area contributed by atoms with Crippen molar-refractivity contribution in [1.29, 1.82) is 0 Å². The van der Waals surface area contributed by atoms with Crippen LogP contribution in [0, 0.1) is 5.82 Å². The number of aliphatic hydroxyl groups excluding tert-OH is 1. The third kappa shape index (κ3) is 6.41. The number of para-hydroxylation sites is 1. The van der Waals surface area contributed by atoms with Gasteiger partial charge in [-0.2, -0.15) is 0 Å². The molecule has 6 rings (SSSR count). The zero-order valence-electron chi connectivity index (χ0n) is 25.7. The third-order valence-corrected chi connectivity index (χ3v) is 9.45. The molecule has 1 aliphatic rings. The van der Waals surface area contributed by atoms with Crippen molar-refractivity contribution in [2.24, 2.45) is 0 Å². The van der Waals surface area contributed by atoms with E-state index in [0.29, 0.717) is 57.1 Å². The fourth-order valence-corrected chi connectivity index (χ4v) is 6.99. The fourth-order valence-electron chi connectivity index (χ4n) is 5.17. The summed E-state index contributed by atoms with van der Waals surface area (Å²) >= 11 is 2.50. The van der Waals surface area contributed by atoms with Crippen LogP contribution in [0.4, 0.5) is 9.52 Å². The average Bonchev–Trinajstić information content (AvgIpc) is 3.80. The number of nitrogens with zero attached hydrogens (tertiary/aromatic N) is 3. The first-order chi connectivity index (χ1) is 22.8. The lowest BCUT2D eigenvalue weighted by molar-refractivity contribution is -0.117. The molecule has 1 aliphatic heterocycles. The standard InChI is InChI=1S/C34H30FN3O7S2/c1-4-15-44-23-14-11-20(16-25(23)43-5-2)28-27(29(39)26-17-21-7-6-8-24(42-3)31(21)45-26)30(40)32(41)38(28)33-36-37-34(47-33)46-18-19-9-12-22(35)13-10-19/h6-14,16-17,28,40H,4-5,15,18H2,1-3H3. The molecule has 1 atom stereocenters. The number of thioether (sulfide) groups is 1. The molecule has 3 aromatic carbocycles. The zero-order chi connectivity index (χ0) is 33.1. The highest BCUT2D eigenvalue weighted by atomic mass is 32.2. The molecule has 0 saturated heterocycles. The first kappa shape index (κ1) is 32.1. The van der Waals surface area contributed by atoms with Crippen LogP contribution in [-0.4, -0.2) is 47.3 Å². The van der Waals surface area contributed by atoms with Crippen LogP contribution >= 0.6 is 23.1 Å². The number of ketones is 1. The SMILES string of the molecule is CCCOc1ccc(C2C(C(=O)c3cc4cccc(OC)c4o3)=C(O)C(=O)N2c2nnc(SCc3ccc(F)cc3)s2)cc1OCC. The topological polar surface area (TPSA) is 124 Å². The number of hydrogen-bond donors (Lipinski definition) is 1. The van der Waals surface area contributed by atoms with Gasteiger partial charge in [-0.1, -0.05) is 60.4 Å². The molecule has 0 radical (unpaired) electrons. The molecule has 0 bridgehead atoms. The van der Waals surface area contributed by atoms with Crippen molar-refractivity contribution in [1.82, 2.24) is 10.2 Å². The highest BCUT2D eigenvalue weighted by molar-refractivity contribution is 8.00. The van der Waals surface area contributed by atoms with Crippen molar-refractivity contribution in [2.75, 3.05) is 25.2 Å². The number of anilines is 1. The Balaban J connectivity index is 1.40. The van der Waals surface area contributed by atoms with Gasteiger partial charge in [-0.3, -0.25) is 14.5 Å². The highest BCUT2D eigenvalue weighted by Gasteiger charge is 2.47. The van der Waals surface area contributed by atoms with Gasteiger partial charge in [0.05, 0.1) is 31.9 Å². The van der Waals surface area contributed by atoms with E-state index < -0.39 is 23.5 Å². The van der Waals surface area contributed by atoms with E-state index in [-0.39, 0.29) is 22.3 Å². The molecule has 13 heteroatoms. The number of carbonyl (C=O) groups excluding carboxylic acids is 2. The number of carbonyl (C=O) groups is 2. The number of methoxy groups -OCH3 is 1. The average molecular weight is 676 g/mol. The normalized spacial score (nSPS) is 14.7. The smallest absolute Gasteiger partial charge is 0.296 e. The Morgan fingerprint density at radius 2 is 1.85 bits per heavy atom. The van der Waals surface area contributed by atoms with E-state index in [1.165, 1.54) is 35.9 Å². The second kappa shape index (κ2) is 13.9. The summed E-state index contributed by atoms with van der Waals surface area (Å²) in [6.45, 7) is 4.64. The molecule has 0 aliphatic carbocycles. The Kier molecular flexibility index (Phi) is 9.45. The number of fused-ring (bicyclic) bond motifs is 1. The lowest BCUT2D eigenvalue weighted by atomic mass is 9.95. The van der Waals surface area contributed by atoms with Gasteiger partial charge >= 0.3 is 0 Å². The minimum Gasteiger partial charge on any atom is -0.503 e. The highest BCUT2D eigenvalue weighted by Crippen LogP contribution is 2.46. The molecule has 2 aromatic heterocycles. The molecule has 10 nitrogen and oxygen atoms in total. The van der Waals surface area contributed by atoms with Gasteiger partial charge in [0.2, 0.25) is 10.9 Å². The summed E-state index contributed by atoms with van der Waals surface area (Å²) in [6, 6.07) is 16.9. The molecule has 1 unspecified atom stereocenters. The maximum atomic E-state index is 14.2. The van der Waals surface area contributed by atoms with Crippen LogP contribution < -0.4 is 19.1 Å². The molecule has 1 N–H and O–H groups in total. The van der Waals surface area contributed by atoms with Crippen LogP contribution in [0.1, 0.15) is 48.0 Å². The van der Waals surface area contributed by atoms with Crippen molar-refractivity contribution >= 4 is 50.9 Å². The maximum Gasteiger partial charge on any atom is 0.296 e. The Morgan fingerprint density at radius 3 is 2.60 bits per heavy atom. The second-order valence-corrected chi connectivity index (χ2v) is 12.6. The van der Waals surface area contributed by atoms with E-state index in [9.17, 15) is 19.1 Å². The molecule has 3 heterocycles. The number of ether oxygens (including phenoxy) is 3. The Morgan fingerprint density at radius 1 is 1.04 bits per heavy atom. The summed E-state index contributed by atoms with van der Waals surface area (Å²) in [7, 11) is 1.49. The summed E-state index contributed by atoms with van der Waals surface area (Å²) in [5.74, 6) is -0.773. The van der Waals surface area contributed by atoms with Gasteiger partial charge in [0.15, 0.2) is 38.7 Å². The lowest BCUT2D eigenvalue weighted by Crippen LogP contribution is -2.31. The number of aliphatic hydroxyl groups is 1. The third-order valence-electron chi connectivity index (χ3n) is 7.33. The summed E-state index contributed by atoms with van der Waals surface area (Å²) in [6.07, 6.45) is 0.786. The van der Waals surface area contributed by atoms with E-state index in [2.05, 4.69) is 10.2 Å². The Labute approximate surface area is 277 Å². The monoisotopic (exact) mass is 675 g/mol. The van der Waals surface area contributed by atoms with E-state index in [1.807, 2.05) is 13.8 Å². The van der Waals surface area contributed by atoms with Gasteiger partial charge in [-0.15, -0.1) is 10.2 Å². The molecule has 1 amide bonds. The Bertz CT molecular complexity index is 1970. The number of furan rings is 1. The lowest BCUT2D eigenvalue weighted by Gasteiger charge is -2.24. The molecule has 0 spiro atoms. The van der Waals surface area contributed by atoms with E-state index in [0.717, 1.165) is 23.3 Å². The van der Waals surface area contributed by atoms with Gasteiger partial charge in [0.1, 0.15) is 5.82 Å². The van der Waals surface area contributed by atoms with E-state index in [1.54, 1.807) is 54.6 Å². The van der Waals surface area contributed by atoms with Crippen molar-refractivity contribution < 1.29 is 37.7 Å². The Hall–Kier alpha value is -4.88. The largest absolute Gasteiger partial charge is 0.503 e. The molecule has 0 saturated carbocycles. The number of amides is 1. The minimum absolute atomic E-state index is 0.0774. The molecular weight excluding hydrogens is 646 g/mol. The minimum atomic E-state index is -1.10. The molecule has 0 fully saturated rings. The number of halogens is 1. The summed E-state index contributed by atoms with van der Waals surface area (Å²) in [4.78, 5) is 29.2. The predicted octanol–water partition coefficient (Wildman–Crippen LogP) is 7.69. The van der Waals surface area contributed by atoms with E-state index in [4.69, 9.17) is 18.6 Å². The first-order valence-electron chi connectivity index (χ1n) is 14.8. The number of rotatable bonds is 13. The zero-order valence-corrected chi connectivity index (χ0v) is 27.3. The van der Waals surface area contributed by atoms with Crippen LogP contribution in [-0.2, 0) is 10.5 Å². The molecule has 5 aromatic rings. The van der Waals surface area contributed by atoms with Crippen molar-refractivity contribution in [3.05, 3.63) is 101 Å². The predicted molar refractivity (Wildman–Crippen MR) is 176 cm³/mol. The van der Waals surface area contributed by atoms with Crippen molar-refractivity contribution in [3.8, 4) is 17.2 Å². The summed E-state index contributed by atoms with van der Waals surface area (Å²) < 4.78 is 37.0.